The van der Waals surface area contributed by atoms with Crippen molar-refractivity contribution in [1.82, 2.24) is 9.97 Å². The number of nitrogens with zero attached hydrogens (tertiary/aromatic N) is 2. The molecule has 0 radical (unpaired) electrons. The first-order valence-corrected chi connectivity index (χ1v) is 4.97. The van der Waals surface area contributed by atoms with Gasteiger partial charge in [0.05, 0.1) is 11.4 Å². The third-order valence-electron chi connectivity index (χ3n) is 1.32. The quantitative estimate of drug-likeness (QED) is 0.681. The predicted molar refractivity (Wildman–Crippen MR) is 43.6 cm³/mol. The van der Waals surface area contributed by atoms with E-state index < -0.39 is 10.0 Å². The molecule has 0 atom stereocenters. The topological polar surface area (TPSA) is 85.9 Å². The zero-order chi connectivity index (χ0) is 9.19. The fourth-order valence-electron chi connectivity index (χ4n) is 0.769. The van der Waals surface area contributed by atoms with E-state index in [4.69, 9.17) is 5.14 Å². The number of aryl methyl sites for hydroxylation is 1. The minimum Gasteiger partial charge on any atom is -0.258 e. The van der Waals surface area contributed by atoms with Gasteiger partial charge in [0.2, 0.25) is 10.0 Å². The summed E-state index contributed by atoms with van der Waals surface area (Å²) in [6.07, 6.45) is 2.94. The Balaban J connectivity index is 2.98. The largest absolute Gasteiger partial charge is 0.258 e. The Hall–Kier alpha value is -1.01. The zero-order valence-corrected chi connectivity index (χ0v) is 7.37. The Morgan fingerprint density at radius 1 is 1.42 bits per heavy atom. The highest BCUT2D eigenvalue weighted by molar-refractivity contribution is 7.88. The van der Waals surface area contributed by atoms with Crippen molar-refractivity contribution in [2.45, 2.75) is 12.7 Å². The van der Waals surface area contributed by atoms with Crippen molar-refractivity contribution in [3.05, 3.63) is 23.8 Å². The summed E-state index contributed by atoms with van der Waals surface area (Å²) in [5.74, 6) is -0.257. The van der Waals surface area contributed by atoms with E-state index in [1.807, 2.05) is 0 Å². The molecule has 1 rings (SSSR count). The van der Waals surface area contributed by atoms with Gasteiger partial charge < -0.3 is 0 Å². The van der Waals surface area contributed by atoms with E-state index in [2.05, 4.69) is 9.97 Å². The van der Waals surface area contributed by atoms with Gasteiger partial charge in [-0.1, -0.05) is 0 Å². The first-order chi connectivity index (χ1) is 5.49. The van der Waals surface area contributed by atoms with Crippen LogP contribution in [0, 0.1) is 6.92 Å². The number of sulfonamides is 1. The Kier molecular flexibility index (Phi) is 2.39. The van der Waals surface area contributed by atoms with E-state index in [9.17, 15) is 8.42 Å². The predicted octanol–water partition coefficient (Wildman–Crippen LogP) is -0.426. The first kappa shape index (κ1) is 9.08. The second-order valence-electron chi connectivity index (χ2n) is 2.40. The van der Waals surface area contributed by atoms with E-state index in [0.717, 1.165) is 0 Å². The molecular weight excluding hydrogens is 178 g/mol. The molecule has 12 heavy (non-hydrogen) atoms. The van der Waals surface area contributed by atoms with Crippen LogP contribution in [0.5, 0.6) is 0 Å². The number of hydrogen-bond acceptors (Lipinski definition) is 4. The molecule has 0 fully saturated rings. The van der Waals surface area contributed by atoms with Crippen LogP contribution >= 0.6 is 0 Å². The molecule has 66 valence electrons. The maximum Gasteiger partial charge on any atom is 0.214 e. The molecule has 1 aromatic heterocycles. The van der Waals surface area contributed by atoms with Gasteiger partial charge in [0.15, 0.2) is 0 Å². The van der Waals surface area contributed by atoms with Gasteiger partial charge in [0.25, 0.3) is 0 Å². The molecular formula is C6H9N3O2S. The lowest BCUT2D eigenvalue weighted by Crippen LogP contribution is -2.16. The highest BCUT2D eigenvalue weighted by Gasteiger charge is 2.08. The lowest BCUT2D eigenvalue weighted by atomic mass is 10.4. The molecule has 0 bridgehead atoms. The summed E-state index contributed by atoms with van der Waals surface area (Å²) in [6.45, 7) is 1.69. The zero-order valence-electron chi connectivity index (χ0n) is 6.56. The number of primary sulfonamides is 1. The molecule has 0 aliphatic heterocycles. The Morgan fingerprint density at radius 2 is 2.00 bits per heavy atom. The smallest absolute Gasteiger partial charge is 0.214 e. The second kappa shape index (κ2) is 3.16. The summed E-state index contributed by atoms with van der Waals surface area (Å²) in [5.41, 5.74) is 0.992. The van der Waals surface area contributed by atoms with Crippen LogP contribution in [0.1, 0.15) is 11.4 Å². The molecule has 5 nitrogen and oxygen atoms in total. The van der Waals surface area contributed by atoms with Gasteiger partial charge in [0.1, 0.15) is 5.75 Å². The number of hydrogen-bond donors (Lipinski definition) is 1. The van der Waals surface area contributed by atoms with Crippen LogP contribution in [-0.4, -0.2) is 18.4 Å². The van der Waals surface area contributed by atoms with Gasteiger partial charge in [-0.2, -0.15) is 0 Å². The van der Waals surface area contributed by atoms with E-state index >= 15 is 0 Å². The Morgan fingerprint density at radius 3 is 2.50 bits per heavy atom. The summed E-state index contributed by atoms with van der Waals surface area (Å²) in [4.78, 5) is 7.72. The minimum atomic E-state index is -3.50. The molecule has 1 aromatic rings. The van der Waals surface area contributed by atoms with Crippen LogP contribution in [-0.2, 0) is 15.8 Å². The summed E-state index contributed by atoms with van der Waals surface area (Å²) < 4.78 is 21.3. The third kappa shape index (κ3) is 2.55. The molecule has 0 aliphatic rings. The number of rotatable bonds is 2. The average molecular weight is 187 g/mol. The molecule has 0 spiro atoms. The van der Waals surface area contributed by atoms with Gasteiger partial charge in [-0.05, 0) is 6.92 Å². The van der Waals surface area contributed by atoms with Gasteiger partial charge in [-0.15, -0.1) is 0 Å². The van der Waals surface area contributed by atoms with Crippen molar-refractivity contribution in [3.8, 4) is 0 Å². The summed E-state index contributed by atoms with van der Waals surface area (Å²) >= 11 is 0. The lowest BCUT2D eigenvalue weighted by molar-refractivity contribution is 0.596. The fourth-order valence-corrected chi connectivity index (χ4v) is 1.43. The van der Waals surface area contributed by atoms with Crippen molar-refractivity contribution >= 4 is 10.0 Å². The molecule has 0 saturated carbocycles. The number of aromatic nitrogens is 2. The van der Waals surface area contributed by atoms with Crippen LogP contribution < -0.4 is 5.14 Å². The average Bonchev–Trinajstić information content (AvgIpc) is 1.91. The minimum absolute atomic E-state index is 0.257. The van der Waals surface area contributed by atoms with Gasteiger partial charge in [-0.25, -0.2) is 13.6 Å². The summed E-state index contributed by atoms with van der Waals surface area (Å²) in [5, 5.41) is 4.84. The summed E-state index contributed by atoms with van der Waals surface area (Å²) in [7, 11) is -3.50. The van der Waals surface area contributed by atoms with Crippen molar-refractivity contribution in [2.75, 3.05) is 0 Å². The van der Waals surface area contributed by atoms with Crippen LogP contribution in [0.3, 0.4) is 0 Å². The second-order valence-corrected chi connectivity index (χ2v) is 4.01. The van der Waals surface area contributed by atoms with E-state index in [1.54, 1.807) is 6.92 Å². The van der Waals surface area contributed by atoms with Gasteiger partial charge >= 0.3 is 0 Å². The standard InChI is InChI=1S/C6H9N3O2S/c1-5-6(4-12(7,10)11)9-3-2-8-5/h2-3H,4H2,1H3,(H2,7,10,11). The maximum atomic E-state index is 10.7. The van der Waals surface area contributed by atoms with E-state index in [0.29, 0.717) is 11.4 Å². The molecule has 0 saturated heterocycles. The number of nitrogens with two attached hydrogens (primary N) is 1. The Bertz CT molecular complexity index is 374. The fraction of sp³-hybridized carbons (Fsp3) is 0.333. The molecule has 1 heterocycles. The first-order valence-electron chi connectivity index (χ1n) is 3.26. The molecule has 0 aromatic carbocycles. The monoisotopic (exact) mass is 187 g/mol. The molecule has 2 N–H and O–H groups in total. The lowest BCUT2D eigenvalue weighted by Gasteiger charge is -1.99. The van der Waals surface area contributed by atoms with Crippen molar-refractivity contribution in [3.63, 3.8) is 0 Å². The molecule has 6 heteroatoms. The highest BCUT2D eigenvalue weighted by atomic mass is 32.2. The van der Waals surface area contributed by atoms with Crippen LogP contribution in [0.15, 0.2) is 12.4 Å². The van der Waals surface area contributed by atoms with Crippen LogP contribution in [0.4, 0.5) is 0 Å². The third-order valence-corrected chi connectivity index (χ3v) is 2.00. The molecule has 0 aliphatic carbocycles. The van der Waals surface area contributed by atoms with Crippen LogP contribution in [0.2, 0.25) is 0 Å². The molecule has 0 amide bonds. The van der Waals surface area contributed by atoms with E-state index in [-0.39, 0.29) is 5.75 Å². The maximum absolute atomic E-state index is 10.7. The van der Waals surface area contributed by atoms with Gasteiger partial charge in [-0.3, -0.25) is 9.97 Å². The van der Waals surface area contributed by atoms with Crippen LogP contribution in [0.25, 0.3) is 0 Å². The normalized spacial score (nSPS) is 11.5. The summed E-state index contributed by atoms with van der Waals surface area (Å²) in [6, 6.07) is 0. The van der Waals surface area contributed by atoms with Crippen molar-refractivity contribution in [2.24, 2.45) is 5.14 Å². The van der Waals surface area contributed by atoms with E-state index in [1.165, 1.54) is 12.4 Å². The highest BCUT2D eigenvalue weighted by Crippen LogP contribution is 2.02. The SMILES string of the molecule is Cc1nccnc1CS(N)(=O)=O. The van der Waals surface area contributed by atoms with Crippen molar-refractivity contribution < 1.29 is 8.42 Å². The van der Waals surface area contributed by atoms with Crippen molar-refractivity contribution in [1.29, 1.82) is 0 Å². The van der Waals surface area contributed by atoms with Gasteiger partial charge in [0, 0.05) is 12.4 Å². The molecule has 0 unspecified atom stereocenters. The Labute approximate surface area is 70.7 Å².